The molecule has 2 rings (SSSR count). The monoisotopic (exact) mass is 259 g/mol. The number of pyridine rings is 1. The molecule has 1 aromatic rings. The van der Waals surface area contributed by atoms with Crippen molar-refractivity contribution < 1.29 is 23.1 Å². The summed E-state index contributed by atoms with van der Waals surface area (Å²) >= 11 is 0. The zero-order valence-electron chi connectivity index (χ0n) is 8.92. The third-order valence-corrected chi connectivity index (χ3v) is 2.57. The van der Waals surface area contributed by atoms with Crippen LogP contribution in [0.5, 0.6) is 0 Å². The van der Waals surface area contributed by atoms with Crippen molar-refractivity contribution >= 4 is 12.1 Å². The number of alkyl halides is 3. The highest BCUT2D eigenvalue weighted by molar-refractivity contribution is 5.92. The van der Waals surface area contributed by atoms with E-state index in [1.165, 1.54) is 24.5 Å². The number of carbonyl (C=O) groups excluding carboxylic acids is 1. The minimum atomic E-state index is -4.69. The summed E-state index contributed by atoms with van der Waals surface area (Å²) < 4.78 is 37.6. The maximum atomic E-state index is 12.5. The van der Waals surface area contributed by atoms with Crippen LogP contribution in [-0.2, 0) is 10.5 Å². The molecule has 1 aliphatic heterocycles. The van der Waals surface area contributed by atoms with Gasteiger partial charge >= 0.3 is 6.18 Å². The lowest BCUT2D eigenvalue weighted by atomic mass is 9.99. The van der Waals surface area contributed by atoms with Gasteiger partial charge in [-0.15, -0.1) is 0 Å². The second-order valence-electron chi connectivity index (χ2n) is 3.73. The van der Waals surface area contributed by atoms with Crippen LogP contribution in [0.15, 0.2) is 29.6 Å². The molecular weight excluding hydrogens is 251 g/mol. The molecule has 0 spiro atoms. The number of nitrogens with zero attached hydrogens (tertiary/aromatic N) is 3. The molecule has 0 radical (unpaired) electrons. The number of hydrogen-bond donors (Lipinski definition) is 1. The number of aliphatic hydroxyl groups is 1. The highest BCUT2D eigenvalue weighted by Gasteiger charge is 2.51. The van der Waals surface area contributed by atoms with Gasteiger partial charge < -0.3 is 5.11 Å². The third-order valence-electron chi connectivity index (χ3n) is 2.57. The quantitative estimate of drug-likeness (QED) is 0.806. The van der Waals surface area contributed by atoms with Gasteiger partial charge in [0.1, 0.15) is 5.71 Å². The molecule has 18 heavy (non-hydrogen) atoms. The van der Waals surface area contributed by atoms with E-state index in [0.29, 0.717) is 5.01 Å². The predicted octanol–water partition coefficient (Wildman–Crippen LogP) is 1.01. The Hall–Kier alpha value is -1.96. The number of aromatic nitrogens is 1. The van der Waals surface area contributed by atoms with Crippen LogP contribution in [0.1, 0.15) is 12.0 Å². The first-order valence-electron chi connectivity index (χ1n) is 4.90. The molecule has 1 aromatic heterocycles. The van der Waals surface area contributed by atoms with Gasteiger partial charge in [-0.05, 0) is 6.07 Å². The van der Waals surface area contributed by atoms with Gasteiger partial charge in [0.2, 0.25) is 6.41 Å². The molecule has 0 saturated carbocycles. The molecule has 0 bridgehead atoms. The van der Waals surface area contributed by atoms with Gasteiger partial charge in [-0.3, -0.25) is 9.78 Å². The molecule has 5 nitrogen and oxygen atoms in total. The first-order chi connectivity index (χ1) is 8.38. The molecule has 0 fully saturated rings. The maximum absolute atomic E-state index is 12.5. The van der Waals surface area contributed by atoms with E-state index in [0.717, 1.165) is 0 Å². The molecule has 1 aliphatic rings. The summed E-state index contributed by atoms with van der Waals surface area (Å²) in [6, 6.07) is 2.82. The lowest BCUT2D eigenvalue weighted by Gasteiger charge is -2.28. The van der Waals surface area contributed by atoms with Crippen molar-refractivity contribution in [2.24, 2.45) is 5.10 Å². The second-order valence-corrected chi connectivity index (χ2v) is 3.73. The molecule has 1 amide bonds. The van der Waals surface area contributed by atoms with Crippen LogP contribution in [0, 0.1) is 0 Å². The van der Waals surface area contributed by atoms with Gasteiger partial charge in [-0.1, -0.05) is 6.07 Å². The highest BCUT2D eigenvalue weighted by Crippen LogP contribution is 2.38. The Balaban J connectivity index is 2.40. The maximum Gasteiger partial charge on any atom is 0.431 e. The Labute approximate surface area is 99.5 Å². The molecule has 8 heteroatoms. The number of halogens is 3. The number of rotatable bonds is 2. The standard InChI is InChI=1S/C10H8F3N3O2/c11-10(12,13)8-4-9(18,16(6-17)15-8)7-2-1-3-14-5-7/h1-3,5-6,18H,4H2/t9-/m0/s1. The van der Waals surface area contributed by atoms with Crippen molar-refractivity contribution in [3.8, 4) is 0 Å². The lowest BCUT2D eigenvalue weighted by Crippen LogP contribution is -2.39. The summed E-state index contributed by atoms with van der Waals surface area (Å²) in [5.41, 5.74) is -3.28. The first-order valence-corrected chi connectivity index (χ1v) is 4.90. The number of hydrazone groups is 1. The normalized spacial score (nSPS) is 24.0. The Morgan fingerprint density at radius 2 is 2.22 bits per heavy atom. The van der Waals surface area contributed by atoms with Crippen molar-refractivity contribution in [3.05, 3.63) is 30.1 Å². The van der Waals surface area contributed by atoms with Gasteiger partial charge in [0.25, 0.3) is 0 Å². The summed E-state index contributed by atoms with van der Waals surface area (Å²) in [5.74, 6) is 0. The van der Waals surface area contributed by atoms with Gasteiger partial charge in [0.05, 0.1) is 6.42 Å². The Morgan fingerprint density at radius 3 is 2.72 bits per heavy atom. The largest absolute Gasteiger partial charge is 0.431 e. The number of carbonyl (C=O) groups is 1. The molecule has 96 valence electrons. The fraction of sp³-hybridized carbons (Fsp3) is 0.300. The van der Waals surface area contributed by atoms with E-state index in [1.54, 1.807) is 0 Å². The minimum absolute atomic E-state index is 0.0474. The van der Waals surface area contributed by atoms with Crippen molar-refractivity contribution in [3.63, 3.8) is 0 Å². The van der Waals surface area contributed by atoms with Gasteiger partial charge in [0.15, 0.2) is 5.72 Å². The summed E-state index contributed by atoms with van der Waals surface area (Å²) in [6.45, 7) is 0. The molecule has 2 heterocycles. The summed E-state index contributed by atoms with van der Waals surface area (Å²) in [7, 11) is 0. The molecular formula is C10H8F3N3O2. The average molecular weight is 259 g/mol. The third kappa shape index (κ3) is 1.94. The van der Waals surface area contributed by atoms with Crippen molar-refractivity contribution in [1.82, 2.24) is 9.99 Å². The van der Waals surface area contributed by atoms with Crippen molar-refractivity contribution in [1.29, 1.82) is 0 Å². The van der Waals surface area contributed by atoms with E-state index in [9.17, 15) is 23.1 Å². The van der Waals surface area contributed by atoms with E-state index in [4.69, 9.17) is 0 Å². The molecule has 0 saturated heterocycles. The smallest absolute Gasteiger partial charge is 0.365 e. The number of amides is 1. The highest BCUT2D eigenvalue weighted by atomic mass is 19.4. The fourth-order valence-corrected chi connectivity index (χ4v) is 1.66. The van der Waals surface area contributed by atoms with Crippen LogP contribution in [0.25, 0.3) is 0 Å². The van der Waals surface area contributed by atoms with E-state index in [1.807, 2.05) is 0 Å². The van der Waals surface area contributed by atoms with Crippen LogP contribution >= 0.6 is 0 Å². The Morgan fingerprint density at radius 1 is 1.50 bits per heavy atom. The lowest BCUT2D eigenvalue weighted by molar-refractivity contribution is -0.144. The second kappa shape index (κ2) is 4.05. The van der Waals surface area contributed by atoms with Crippen LogP contribution in [0.3, 0.4) is 0 Å². The SMILES string of the molecule is O=CN1N=C(C(F)(F)F)C[C@]1(O)c1cccnc1. The summed E-state index contributed by atoms with van der Waals surface area (Å²) in [6.07, 6.45) is -2.87. The number of hydrogen-bond acceptors (Lipinski definition) is 4. The van der Waals surface area contributed by atoms with Crippen molar-refractivity contribution in [2.75, 3.05) is 0 Å². The van der Waals surface area contributed by atoms with Gasteiger partial charge in [-0.25, -0.2) is 0 Å². The molecule has 0 aliphatic carbocycles. The van der Waals surface area contributed by atoms with Crippen LogP contribution in [-0.4, -0.2) is 33.4 Å². The first kappa shape index (κ1) is 12.5. The minimum Gasteiger partial charge on any atom is -0.365 e. The van der Waals surface area contributed by atoms with Crippen LogP contribution < -0.4 is 0 Å². The van der Waals surface area contributed by atoms with E-state index < -0.39 is 24.0 Å². The Kier molecular flexibility index (Phi) is 2.81. The summed E-state index contributed by atoms with van der Waals surface area (Å²) in [5, 5.41) is 13.6. The molecule has 1 N–H and O–H groups in total. The average Bonchev–Trinajstić information content (AvgIpc) is 2.69. The van der Waals surface area contributed by atoms with Gasteiger partial charge in [0, 0.05) is 18.0 Å². The zero-order valence-corrected chi connectivity index (χ0v) is 8.92. The Bertz CT molecular complexity index is 489. The summed E-state index contributed by atoms with van der Waals surface area (Å²) in [4.78, 5) is 14.4. The van der Waals surface area contributed by atoms with Crippen LogP contribution in [0.4, 0.5) is 13.2 Å². The van der Waals surface area contributed by atoms with E-state index >= 15 is 0 Å². The fourth-order valence-electron chi connectivity index (χ4n) is 1.66. The zero-order chi connectivity index (χ0) is 13.4. The topological polar surface area (TPSA) is 65.8 Å². The van der Waals surface area contributed by atoms with Crippen molar-refractivity contribution in [2.45, 2.75) is 18.3 Å². The molecule has 0 aromatic carbocycles. The molecule has 0 unspecified atom stereocenters. The van der Waals surface area contributed by atoms with E-state index in [2.05, 4.69) is 10.1 Å². The van der Waals surface area contributed by atoms with Crippen LogP contribution in [0.2, 0.25) is 0 Å². The van der Waals surface area contributed by atoms with E-state index in [-0.39, 0.29) is 12.0 Å². The molecule has 1 atom stereocenters. The predicted molar refractivity (Wildman–Crippen MR) is 54.1 cm³/mol. The van der Waals surface area contributed by atoms with Gasteiger partial charge in [-0.2, -0.15) is 23.3 Å².